The Kier molecular flexibility index (Phi) is 6.57. The molecule has 1 aromatic carbocycles. The molecule has 0 saturated carbocycles. The second-order valence-corrected chi connectivity index (χ2v) is 6.58. The van der Waals surface area contributed by atoms with Gasteiger partial charge in [0.15, 0.2) is 6.61 Å². The first-order chi connectivity index (χ1) is 14.9. The Bertz CT molecular complexity index is 1100. The maximum Gasteiger partial charge on any atom is 0.455 e. The molecule has 0 atom stereocenters. The van der Waals surface area contributed by atoms with Crippen molar-refractivity contribution in [2.24, 2.45) is 0 Å². The first kappa shape index (κ1) is 23.3. The van der Waals surface area contributed by atoms with Crippen molar-refractivity contribution in [3.8, 4) is 17.0 Å². The summed E-state index contributed by atoms with van der Waals surface area (Å²) in [4.78, 5) is 19.5. The van der Waals surface area contributed by atoms with E-state index in [9.17, 15) is 31.1 Å². The van der Waals surface area contributed by atoms with Crippen LogP contribution in [0.4, 0.5) is 26.3 Å². The quantitative estimate of drug-likeness (QED) is 0.515. The number of rotatable bonds is 6. The lowest BCUT2D eigenvalue weighted by molar-refractivity contribution is -0.153. The largest absolute Gasteiger partial charge is 0.482 e. The van der Waals surface area contributed by atoms with E-state index in [2.05, 4.69) is 25.0 Å². The van der Waals surface area contributed by atoms with E-state index in [1.165, 1.54) is 24.3 Å². The molecule has 0 unspecified atom stereocenters. The number of hydrogen-bond acceptors (Lipinski definition) is 6. The topological polar surface area (TPSA) is 90.1 Å². The second kappa shape index (κ2) is 9.02. The van der Waals surface area contributed by atoms with Gasteiger partial charge in [0.25, 0.3) is 11.7 Å². The summed E-state index contributed by atoms with van der Waals surface area (Å²) in [6.07, 6.45) is -9.42. The fourth-order valence-corrected chi connectivity index (χ4v) is 2.48. The number of benzene rings is 1. The first-order valence-corrected chi connectivity index (χ1v) is 8.95. The van der Waals surface area contributed by atoms with Gasteiger partial charge in [-0.3, -0.25) is 4.79 Å². The third kappa shape index (κ3) is 6.09. The predicted octanol–water partition coefficient (Wildman–Crippen LogP) is 4.67. The van der Waals surface area contributed by atoms with Crippen LogP contribution in [0.15, 0.2) is 40.9 Å². The number of ether oxygens (including phenoxy) is 1. The Hall–Kier alpha value is -3.35. The molecular weight excluding hydrogens is 470 g/mol. The van der Waals surface area contributed by atoms with Gasteiger partial charge in [-0.15, -0.1) is 0 Å². The molecule has 0 saturated heterocycles. The lowest BCUT2D eigenvalue weighted by Crippen LogP contribution is -2.24. The van der Waals surface area contributed by atoms with E-state index in [4.69, 9.17) is 16.3 Å². The fraction of sp³-hybridized carbons (Fsp3) is 0.222. The summed E-state index contributed by atoms with van der Waals surface area (Å²) in [5.74, 6) is -3.10. The summed E-state index contributed by atoms with van der Waals surface area (Å²) in [7, 11) is 0. The number of aromatic nitrogens is 3. The van der Waals surface area contributed by atoms with E-state index in [-0.39, 0.29) is 17.1 Å². The summed E-state index contributed by atoms with van der Waals surface area (Å²) >= 11 is 5.82. The molecule has 1 N–H and O–H groups in total. The van der Waals surface area contributed by atoms with E-state index in [1.807, 2.05) is 0 Å². The van der Waals surface area contributed by atoms with Crippen molar-refractivity contribution in [1.82, 2.24) is 20.4 Å². The van der Waals surface area contributed by atoms with Crippen LogP contribution in [0, 0.1) is 0 Å². The Balaban J connectivity index is 1.81. The van der Waals surface area contributed by atoms with Gasteiger partial charge in [0.05, 0.1) is 6.54 Å². The number of carbonyl (C=O) groups excluding carboxylic acids is 1. The minimum atomic E-state index is -4.81. The molecule has 0 aliphatic rings. The molecule has 0 fully saturated rings. The zero-order valence-electron chi connectivity index (χ0n) is 15.6. The maximum atomic E-state index is 12.6. The van der Waals surface area contributed by atoms with Crippen LogP contribution in [0.2, 0.25) is 5.02 Å². The molecule has 0 aliphatic carbocycles. The van der Waals surface area contributed by atoms with Crippen LogP contribution < -0.4 is 10.1 Å². The standard InChI is InChI=1S/C18H11ClF6N4O3/c19-10-3-1-9(2-4-10)14-12(31-8-17(20,21)22)6-5-11(27-14)15(30)26-7-13-28-16(29-32-13)18(23,24)25/h1-6H,7-8H2,(H,26,30). The lowest BCUT2D eigenvalue weighted by atomic mass is 10.1. The molecule has 2 aromatic heterocycles. The minimum Gasteiger partial charge on any atom is -0.482 e. The van der Waals surface area contributed by atoms with Gasteiger partial charge in [0.1, 0.15) is 17.1 Å². The summed E-state index contributed by atoms with van der Waals surface area (Å²) < 4.78 is 84.4. The highest BCUT2D eigenvalue weighted by molar-refractivity contribution is 6.30. The van der Waals surface area contributed by atoms with Gasteiger partial charge in [0.2, 0.25) is 5.89 Å². The Morgan fingerprint density at radius 3 is 2.31 bits per heavy atom. The van der Waals surface area contributed by atoms with Crippen LogP contribution in [-0.2, 0) is 12.7 Å². The van der Waals surface area contributed by atoms with Crippen molar-refractivity contribution in [3.63, 3.8) is 0 Å². The molecule has 0 aliphatic heterocycles. The zero-order valence-corrected chi connectivity index (χ0v) is 16.3. The molecule has 0 spiro atoms. The Morgan fingerprint density at radius 2 is 1.72 bits per heavy atom. The van der Waals surface area contributed by atoms with E-state index >= 15 is 0 Å². The lowest BCUT2D eigenvalue weighted by Gasteiger charge is -2.14. The van der Waals surface area contributed by atoms with Crippen molar-refractivity contribution in [1.29, 1.82) is 0 Å². The molecule has 14 heteroatoms. The molecule has 1 amide bonds. The van der Waals surface area contributed by atoms with Gasteiger partial charge < -0.3 is 14.6 Å². The minimum absolute atomic E-state index is 0.0734. The van der Waals surface area contributed by atoms with Crippen molar-refractivity contribution < 1.29 is 40.4 Å². The van der Waals surface area contributed by atoms with Crippen molar-refractivity contribution in [2.45, 2.75) is 18.9 Å². The monoisotopic (exact) mass is 480 g/mol. The fourth-order valence-electron chi connectivity index (χ4n) is 2.35. The second-order valence-electron chi connectivity index (χ2n) is 6.15. The first-order valence-electron chi connectivity index (χ1n) is 8.57. The molecule has 0 radical (unpaired) electrons. The normalized spacial score (nSPS) is 12.0. The van der Waals surface area contributed by atoms with Gasteiger partial charge in [-0.05, 0) is 24.3 Å². The molecule has 7 nitrogen and oxygen atoms in total. The van der Waals surface area contributed by atoms with E-state index in [0.717, 1.165) is 12.1 Å². The number of halogens is 7. The molecule has 0 bridgehead atoms. The average molecular weight is 481 g/mol. The van der Waals surface area contributed by atoms with Crippen molar-refractivity contribution in [3.05, 3.63) is 58.8 Å². The number of carbonyl (C=O) groups is 1. The molecule has 3 rings (SSSR count). The third-order valence-corrected chi connectivity index (χ3v) is 3.97. The molecule has 170 valence electrons. The predicted molar refractivity (Wildman–Crippen MR) is 96.7 cm³/mol. The van der Waals surface area contributed by atoms with E-state index in [1.54, 1.807) is 0 Å². The Labute approximate surface area is 180 Å². The molecular formula is C18H11ClF6N4O3. The highest BCUT2D eigenvalue weighted by Gasteiger charge is 2.37. The maximum absolute atomic E-state index is 12.6. The zero-order chi connectivity index (χ0) is 23.5. The molecule has 32 heavy (non-hydrogen) atoms. The summed E-state index contributed by atoms with van der Waals surface area (Å²) in [6.45, 7) is -2.12. The number of alkyl halides is 6. The summed E-state index contributed by atoms with van der Waals surface area (Å²) in [6, 6.07) is 8.06. The van der Waals surface area contributed by atoms with Crippen LogP contribution in [0.25, 0.3) is 11.3 Å². The van der Waals surface area contributed by atoms with Gasteiger partial charge in [-0.2, -0.15) is 31.3 Å². The van der Waals surface area contributed by atoms with Crippen molar-refractivity contribution in [2.75, 3.05) is 6.61 Å². The SMILES string of the molecule is O=C(NCc1nc(C(F)(F)F)no1)c1ccc(OCC(F)(F)F)c(-c2ccc(Cl)cc2)n1. The van der Waals surface area contributed by atoms with Crippen LogP contribution in [0.3, 0.4) is 0 Å². The summed E-state index contributed by atoms with van der Waals surface area (Å²) in [5.41, 5.74) is -0.00599. The molecule has 2 heterocycles. The smallest absolute Gasteiger partial charge is 0.455 e. The number of pyridine rings is 1. The summed E-state index contributed by atoms with van der Waals surface area (Å²) in [5, 5.41) is 5.35. The van der Waals surface area contributed by atoms with Crippen LogP contribution in [-0.4, -0.2) is 33.8 Å². The average Bonchev–Trinajstić information content (AvgIpc) is 3.20. The molecule has 3 aromatic rings. The van der Waals surface area contributed by atoms with Crippen LogP contribution >= 0.6 is 11.6 Å². The highest BCUT2D eigenvalue weighted by Crippen LogP contribution is 2.31. The number of nitrogens with zero attached hydrogens (tertiary/aromatic N) is 3. The van der Waals surface area contributed by atoms with Crippen molar-refractivity contribution >= 4 is 17.5 Å². The van der Waals surface area contributed by atoms with Crippen LogP contribution in [0.1, 0.15) is 22.2 Å². The van der Waals surface area contributed by atoms with Gasteiger partial charge in [-0.1, -0.05) is 28.9 Å². The number of nitrogens with one attached hydrogen (secondary N) is 1. The van der Waals surface area contributed by atoms with Gasteiger partial charge in [0, 0.05) is 10.6 Å². The van der Waals surface area contributed by atoms with Crippen LogP contribution in [0.5, 0.6) is 5.75 Å². The number of amides is 1. The van der Waals surface area contributed by atoms with Gasteiger partial charge >= 0.3 is 12.4 Å². The van der Waals surface area contributed by atoms with E-state index < -0.39 is 43.1 Å². The highest BCUT2D eigenvalue weighted by atomic mass is 35.5. The van der Waals surface area contributed by atoms with Gasteiger partial charge in [-0.25, -0.2) is 4.98 Å². The number of hydrogen-bond donors (Lipinski definition) is 1. The van der Waals surface area contributed by atoms with E-state index in [0.29, 0.717) is 10.6 Å². The Morgan fingerprint density at radius 1 is 1.03 bits per heavy atom. The third-order valence-electron chi connectivity index (χ3n) is 3.72.